The Morgan fingerprint density at radius 2 is 1.72 bits per heavy atom. The largest absolute Gasteiger partial charge is 0.416 e. The van der Waals surface area contributed by atoms with Gasteiger partial charge in [-0.15, -0.1) is 0 Å². The fraction of sp³-hybridized carbons (Fsp3) is 0.591. The van der Waals surface area contributed by atoms with Gasteiger partial charge in [0, 0.05) is 23.7 Å². The van der Waals surface area contributed by atoms with Gasteiger partial charge in [0.05, 0.1) is 23.8 Å². The van der Waals surface area contributed by atoms with Crippen molar-refractivity contribution in [2.75, 3.05) is 20.2 Å². The second-order valence-electron chi connectivity index (χ2n) is 8.83. The highest BCUT2D eigenvalue weighted by Gasteiger charge is 2.38. The summed E-state index contributed by atoms with van der Waals surface area (Å²) in [6.07, 6.45) is -6.58. The third kappa shape index (κ3) is 5.83. The number of alkyl halides is 6. The predicted molar refractivity (Wildman–Crippen MR) is 106 cm³/mol. The highest BCUT2D eigenvalue weighted by atomic mass is 19.4. The van der Waals surface area contributed by atoms with Gasteiger partial charge in [-0.2, -0.15) is 26.3 Å². The Bertz CT molecular complexity index is 859. The summed E-state index contributed by atoms with van der Waals surface area (Å²) in [7, 11) is 1.80. The van der Waals surface area contributed by atoms with Gasteiger partial charge in [0.25, 0.3) is 0 Å². The van der Waals surface area contributed by atoms with Crippen LogP contribution in [0.15, 0.2) is 29.8 Å². The summed E-state index contributed by atoms with van der Waals surface area (Å²) in [5.74, 6) is -0.112. The van der Waals surface area contributed by atoms with Crippen LogP contribution >= 0.6 is 0 Å². The monoisotopic (exact) mass is 464 g/mol. The molecule has 2 aliphatic rings. The minimum atomic E-state index is -4.91. The number of halogens is 6. The maximum Gasteiger partial charge on any atom is 0.416 e. The van der Waals surface area contributed by atoms with Crippen molar-refractivity contribution in [2.45, 2.75) is 63.1 Å². The van der Waals surface area contributed by atoms with E-state index in [1.807, 2.05) is 17.9 Å². The van der Waals surface area contributed by atoms with E-state index in [0.29, 0.717) is 30.7 Å². The molecule has 1 aromatic rings. The Morgan fingerprint density at radius 3 is 2.19 bits per heavy atom. The molecule has 178 valence electrons. The molecular formula is C22H26F6N2O2. The minimum absolute atomic E-state index is 0.0658. The summed E-state index contributed by atoms with van der Waals surface area (Å²) < 4.78 is 84.5. The minimum Gasteiger partial charge on any atom is -0.372 e. The Morgan fingerprint density at radius 1 is 1.16 bits per heavy atom. The molecule has 0 aromatic heterocycles. The first-order chi connectivity index (χ1) is 14.7. The van der Waals surface area contributed by atoms with Crippen molar-refractivity contribution < 1.29 is 35.9 Å². The van der Waals surface area contributed by atoms with E-state index in [1.165, 1.54) is 6.92 Å². The standard InChI is InChI=1S/C22H26F6N2O2/c1-13(15-8-16(21(23,24)25)10-17(9-15)22(26,27)28)32-12-20(2)7-6-14(11-30(20)3)19(31)29-18-4-5-18/h6,8-10,13,18H,4-5,7,11-12H2,1-3H3,(H,29,31). The van der Waals surface area contributed by atoms with Gasteiger partial charge in [-0.3, -0.25) is 9.69 Å². The third-order valence-corrected chi connectivity index (χ3v) is 6.05. The summed E-state index contributed by atoms with van der Waals surface area (Å²) in [6.45, 7) is 3.73. The Balaban J connectivity index is 1.71. The first-order valence-electron chi connectivity index (χ1n) is 10.3. The number of rotatable bonds is 6. The van der Waals surface area contributed by atoms with Crippen LogP contribution in [0.3, 0.4) is 0 Å². The molecule has 0 spiro atoms. The van der Waals surface area contributed by atoms with E-state index in [0.717, 1.165) is 12.8 Å². The van der Waals surface area contributed by atoms with E-state index < -0.39 is 35.1 Å². The summed E-state index contributed by atoms with van der Waals surface area (Å²) in [4.78, 5) is 14.2. The quantitative estimate of drug-likeness (QED) is 0.596. The smallest absolute Gasteiger partial charge is 0.372 e. The molecule has 0 saturated heterocycles. The molecule has 0 radical (unpaired) electrons. The second kappa shape index (κ2) is 8.70. The summed E-state index contributed by atoms with van der Waals surface area (Å²) in [5, 5.41) is 2.93. The zero-order valence-electron chi connectivity index (χ0n) is 18.0. The van der Waals surface area contributed by atoms with Crippen LogP contribution in [0, 0.1) is 0 Å². The number of hydrogen-bond acceptors (Lipinski definition) is 3. The van der Waals surface area contributed by atoms with Crippen LogP contribution in [-0.2, 0) is 21.9 Å². The Hall–Kier alpha value is -2.07. The summed E-state index contributed by atoms with van der Waals surface area (Å²) in [6, 6.07) is 1.71. The molecule has 1 aromatic carbocycles. The average molecular weight is 464 g/mol. The van der Waals surface area contributed by atoms with Crippen LogP contribution in [0.1, 0.15) is 55.9 Å². The van der Waals surface area contributed by atoms with Gasteiger partial charge < -0.3 is 10.1 Å². The van der Waals surface area contributed by atoms with E-state index >= 15 is 0 Å². The van der Waals surface area contributed by atoms with Crippen molar-refractivity contribution in [3.05, 3.63) is 46.5 Å². The number of nitrogens with zero attached hydrogens (tertiary/aromatic N) is 1. The molecule has 1 amide bonds. The lowest BCUT2D eigenvalue weighted by atomic mass is 9.90. The van der Waals surface area contributed by atoms with E-state index in [-0.39, 0.29) is 30.2 Å². The molecular weight excluding hydrogens is 438 g/mol. The molecule has 4 nitrogen and oxygen atoms in total. The van der Waals surface area contributed by atoms with Gasteiger partial charge in [-0.1, -0.05) is 6.08 Å². The van der Waals surface area contributed by atoms with Crippen LogP contribution in [0.25, 0.3) is 0 Å². The third-order valence-electron chi connectivity index (χ3n) is 6.05. The first kappa shape index (κ1) is 24.6. The number of carbonyl (C=O) groups is 1. The van der Waals surface area contributed by atoms with Crippen molar-refractivity contribution in [3.8, 4) is 0 Å². The Labute approximate surface area is 182 Å². The molecule has 1 fully saturated rings. The second-order valence-corrected chi connectivity index (χ2v) is 8.83. The SMILES string of the molecule is CC(OCC1(C)CC=C(C(=O)NC2CC2)CN1C)c1cc(C(F)(F)F)cc(C(F)(F)F)c1. The highest BCUT2D eigenvalue weighted by Crippen LogP contribution is 2.38. The van der Waals surface area contributed by atoms with Crippen LogP contribution in [0.2, 0.25) is 0 Å². The molecule has 2 unspecified atom stereocenters. The highest BCUT2D eigenvalue weighted by molar-refractivity contribution is 5.94. The first-order valence-corrected chi connectivity index (χ1v) is 10.3. The van der Waals surface area contributed by atoms with Gasteiger partial charge in [0.2, 0.25) is 5.91 Å². The molecule has 1 aliphatic carbocycles. The maximum atomic E-state index is 13.1. The van der Waals surface area contributed by atoms with Crippen molar-refractivity contribution in [3.63, 3.8) is 0 Å². The molecule has 1 saturated carbocycles. The fourth-order valence-electron chi connectivity index (χ4n) is 3.46. The van der Waals surface area contributed by atoms with Gasteiger partial charge in [0.1, 0.15) is 0 Å². The van der Waals surface area contributed by atoms with Crippen LogP contribution < -0.4 is 5.32 Å². The van der Waals surface area contributed by atoms with Gasteiger partial charge >= 0.3 is 12.4 Å². The number of ether oxygens (including phenoxy) is 1. The zero-order chi connectivity index (χ0) is 23.9. The van der Waals surface area contributed by atoms with E-state index in [2.05, 4.69) is 5.32 Å². The van der Waals surface area contributed by atoms with Gasteiger partial charge in [-0.05, 0) is 63.9 Å². The normalized spacial score (nSPS) is 23.6. The number of likely N-dealkylation sites (N-methyl/N-ethyl adjacent to an activating group) is 1. The van der Waals surface area contributed by atoms with Gasteiger partial charge in [0.15, 0.2) is 0 Å². The number of benzene rings is 1. The lowest BCUT2D eigenvalue weighted by Crippen LogP contribution is -2.51. The molecule has 1 heterocycles. The number of carbonyl (C=O) groups excluding carboxylic acids is 1. The van der Waals surface area contributed by atoms with Gasteiger partial charge in [-0.25, -0.2) is 0 Å². The molecule has 1 N–H and O–H groups in total. The van der Waals surface area contributed by atoms with Crippen molar-refractivity contribution in [2.24, 2.45) is 0 Å². The fourth-order valence-corrected chi connectivity index (χ4v) is 3.46. The predicted octanol–water partition coefficient (Wildman–Crippen LogP) is 5.10. The number of hydrogen-bond donors (Lipinski definition) is 1. The molecule has 32 heavy (non-hydrogen) atoms. The van der Waals surface area contributed by atoms with Crippen LogP contribution in [0.5, 0.6) is 0 Å². The van der Waals surface area contributed by atoms with Crippen molar-refractivity contribution in [1.82, 2.24) is 10.2 Å². The Kier molecular flexibility index (Phi) is 6.68. The van der Waals surface area contributed by atoms with Crippen LogP contribution in [0.4, 0.5) is 26.3 Å². The zero-order valence-corrected chi connectivity index (χ0v) is 18.0. The van der Waals surface area contributed by atoms with Crippen molar-refractivity contribution >= 4 is 5.91 Å². The molecule has 0 bridgehead atoms. The lowest BCUT2D eigenvalue weighted by Gasteiger charge is -2.42. The summed E-state index contributed by atoms with van der Waals surface area (Å²) in [5.41, 5.74) is -2.86. The maximum absolute atomic E-state index is 13.1. The van der Waals surface area contributed by atoms with E-state index in [4.69, 9.17) is 4.74 Å². The topological polar surface area (TPSA) is 41.6 Å². The molecule has 1 aliphatic heterocycles. The summed E-state index contributed by atoms with van der Waals surface area (Å²) >= 11 is 0. The van der Waals surface area contributed by atoms with E-state index in [1.54, 1.807) is 7.05 Å². The van der Waals surface area contributed by atoms with Crippen LogP contribution in [-0.4, -0.2) is 42.6 Å². The van der Waals surface area contributed by atoms with E-state index in [9.17, 15) is 31.1 Å². The van der Waals surface area contributed by atoms with Crippen molar-refractivity contribution in [1.29, 1.82) is 0 Å². The lowest BCUT2D eigenvalue weighted by molar-refractivity contribution is -0.143. The molecule has 3 rings (SSSR count). The number of nitrogens with one attached hydrogen (secondary N) is 1. The molecule has 10 heteroatoms. The molecule has 2 atom stereocenters. The number of amides is 1. The average Bonchev–Trinajstić information content (AvgIpc) is 3.50.